The van der Waals surface area contributed by atoms with Gasteiger partial charge in [-0.25, -0.2) is 0 Å². The summed E-state index contributed by atoms with van der Waals surface area (Å²) in [5.41, 5.74) is 0.408. The maximum absolute atomic E-state index is 13.0. The lowest BCUT2D eigenvalue weighted by Crippen LogP contribution is -2.30. The maximum Gasteiger partial charge on any atom is 0.303 e. The Morgan fingerprint density at radius 3 is 2.41 bits per heavy atom. The first-order valence-corrected chi connectivity index (χ1v) is 10.6. The fraction of sp³-hybridized carbons (Fsp3) is 0.292. The minimum Gasteiger partial charge on any atom is -0.507 e. The van der Waals surface area contributed by atoms with Crippen molar-refractivity contribution in [3.63, 3.8) is 0 Å². The number of likely N-dealkylation sites (tertiary alicyclic amines) is 1. The molecule has 1 heterocycles. The molecular formula is C24H24N2O8. The highest BCUT2D eigenvalue weighted by molar-refractivity contribution is 6.46. The number of nitrogens with zero attached hydrogens (tertiary/aromatic N) is 2. The van der Waals surface area contributed by atoms with Crippen LogP contribution in [0.1, 0.15) is 42.9 Å². The molecule has 1 aliphatic rings. The van der Waals surface area contributed by atoms with Crippen molar-refractivity contribution in [1.82, 2.24) is 4.90 Å². The first-order chi connectivity index (χ1) is 16.2. The number of carbonyl (C=O) groups is 3. The quantitative estimate of drug-likeness (QED) is 0.134. The molecule has 2 aromatic rings. The van der Waals surface area contributed by atoms with E-state index in [4.69, 9.17) is 9.84 Å². The van der Waals surface area contributed by atoms with Crippen molar-refractivity contribution < 1.29 is 34.3 Å². The van der Waals surface area contributed by atoms with Crippen molar-refractivity contribution in [1.29, 1.82) is 0 Å². The molecule has 1 aliphatic heterocycles. The number of aliphatic carboxylic acids is 1. The van der Waals surface area contributed by atoms with Crippen LogP contribution in [0.2, 0.25) is 0 Å². The average molecular weight is 468 g/mol. The van der Waals surface area contributed by atoms with Crippen LogP contribution in [-0.2, 0) is 14.4 Å². The number of Topliss-reactive ketones (excluding diaryl/α,β-unsaturated/α-hetero) is 1. The Morgan fingerprint density at radius 1 is 1.09 bits per heavy atom. The second-order valence-electron chi connectivity index (χ2n) is 7.78. The molecule has 2 N–H and O–H groups in total. The number of unbranched alkanes of at least 4 members (excludes halogenated alkanes) is 2. The van der Waals surface area contributed by atoms with Crippen molar-refractivity contribution in [2.45, 2.75) is 31.7 Å². The number of benzene rings is 2. The lowest BCUT2D eigenvalue weighted by molar-refractivity contribution is -0.384. The van der Waals surface area contributed by atoms with Crippen LogP contribution in [0.5, 0.6) is 5.75 Å². The van der Waals surface area contributed by atoms with Gasteiger partial charge in [0.25, 0.3) is 17.4 Å². The number of hydrogen-bond donors (Lipinski definition) is 2. The summed E-state index contributed by atoms with van der Waals surface area (Å²) in [6, 6.07) is 10.9. The zero-order chi connectivity index (χ0) is 24.8. The number of nitro benzene ring substituents is 1. The standard InChI is InChI=1S/C24H24N2O8/c1-34-18-7-5-6-16(14-18)21-20(22(29)15-9-11-17(12-10-15)26(32)33)23(30)24(31)25(21)13-4-2-3-8-19(27)28/h5-7,9-12,14,21,29H,2-4,8,13H2,1H3,(H,27,28). The summed E-state index contributed by atoms with van der Waals surface area (Å²) in [5.74, 6) is -2.49. The molecule has 0 bridgehead atoms. The summed E-state index contributed by atoms with van der Waals surface area (Å²) < 4.78 is 5.27. The summed E-state index contributed by atoms with van der Waals surface area (Å²) in [5, 5.41) is 30.7. The van der Waals surface area contributed by atoms with E-state index in [2.05, 4.69) is 0 Å². The van der Waals surface area contributed by atoms with Crippen LogP contribution in [0.25, 0.3) is 5.76 Å². The fourth-order valence-electron chi connectivity index (χ4n) is 3.90. The van der Waals surface area contributed by atoms with Crippen LogP contribution in [-0.4, -0.2) is 51.4 Å². The molecule has 0 saturated carbocycles. The minimum absolute atomic E-state index is 0.0122. The van der Waals surface area contributed by atoms with Crippen LogP contribution in [0.15, 0.2) is 54.1 Å². The Bertz CT molecular complexity index is 1140. The molecule has 10 nitrogen and oxygen atoms in total. The van der Waals surface area contributed by atoms with Crippen LogP contribution in [0.4, 0.5) is 5.69 Å². The molecule has 2 aromatic carbocycles. The predicted octanol–water partition coefficient (Wildman–Crippen LogP) is 3.67. The molecule has 1 saturated heterocycles. The Morgan fingerprint density at radius 2 is 1.79 bits per heavy atom. The third-order valence-corrected chi connectivity index (χ3v) is 5.59. The van der Waals surface area contributed by atoms with E-state index in [0.29, 0.717) is 30.6 Å². The van der Waals surface area contributed by atoms with Crippen molar-refractivity contribution in [2.24, 2.45) is 0 Å². The van der Waals surface area contributed by atoms with Crippen LogP contribution >= 0.6 is 0 Å². The van der Waals surface area contributed by atoms with E-state index in [-0.39, 0.29) is 29.8 Å². The van der Waals surface area contributed by atoms with Crippen LogP contribution < -0.4 is 4.74 Å². The number of non-ortho nitro benzene ring substituents is 1. The number of carbonyl (C=O) groups excluding carboxylic acids is 2. The number of rotatable bonds is 10. The first kappa shape index (κ1) is 24.4. The van der Waals surface area contributed by atoms with Gasteiger partial charge in [0.1, 0.15) is 11.5 Å². The number of nitro groups is 1. The molecule has 34 heavy (non-hydrogen) atoms. The summed E-state index contributed by atoms with van der Waals surface area (Å²) in [4.78, 5) is 48.4. The van der Waals surface area contributed by atoms with Gasteiger partial charge in [0.15, 0.2) is 0 Å². The van der Waals surface area contributed by atoms with Gasteiger partial charge in [-0.3, -0.25) is 24.5 Å². The lowest BCUT2D eigenvalue weighted by Gasteiger charge is -2.25. The van der Waals surface area contributed by atoms with Gasteiger partial charge in [-0.15, -0.1) is 0 Å². The Labute approximate surface area is 195 Å². The van der Waals surface area contributed by atoms with E-state index in [1.165, 1.54) is 36.3 Å². The molecule has 178 valence electrons. The number of amides is 1. The van der Waals surface area contributed by atoms with Crippen LogP contribution in [0, 0.1) is 10.1 Å². The second-order valence-corrected chi connectivity index (χ2v) is 7.78. The van der Waals surface area contributed by atoms with Crippen molar-refractivity contribution in [3.8, 4) is 5.75 Å². The van der Waals surface area contributed by atoms with E-state index in [1.807, 2.05) is 0 Å². The highest BCUT2D eigenvalue weighted by Crippen LogP contribution is 2.40. The minimum atomic E-state index is -0.903. The lowest BCUT2D eigenvalue weighted by atomic mass is 9.95. The number of aliphatic hydroxyl groups excluding tert-OH is 1. The highest BCUT2D eigenvalue weighted by Gasteiger charge is 2.45. The van der Waals surface area contributed by atoms with E-state index in [9.17, 15) is 29.6 Å². The van der Waals surface area contributed by atoms with Gasteiger partial charge in [0, 0.05) is 30.7 Å². The van der Waals surface area contributed by atoms with Gasteiger partial charge in [0.2, 0.25) is 0 Å². The van der Waals surface area contributed by atoms with E-state index in [1.54, 1.807) is 24.3 Å². The zero-order valence-corrected chi connectivity index (χ0v) is 18.5. The van der Waals surface area contributed by atoms with Crippen molar-refractivity contribution in [3.05, 3.63) is 75.3 Å². The normalized spacial score (nSPS) is 17.1. The molecule has 10 heteroatoms. The highest BCUT2D eigenvalue weighted by atomic mass is 16.6. The summed E-state index contributed by atoms with van der Waals surface area (Å²) in [6.07, 6.45) is 1.46. The molecule has 1 atom stereocenters. The Kier molecular flexibility index (Phi) is 7.62. The molecule has 1 unspecified atom stereocenters. The molecule has 0 aromatic heterocycles. The van der Waals surface area contributed by atoms with Gasteiger partial charge >= 0.3 is 5.97 Å². The average Bonchev–Trinajstić information content (AvgIpc) is 3.08. The SMILES string of the molecule is COc1cccc(C2C(=C(O)c3ccc([N+](=O)[O-])cc3)C(=O)C(=O)N2CCCCCC(=O)O)c1. The van der Waals surface area contributed by atoms with E-state index in [0.717, 1.165) is 0 Å². The zero-order valence-electron chi connectivity index (χ0n) is 18.5. The Hall–Kier alpha value is -4.21. The summed E-state index contributed by atoms with van der Waals surface area (Å²) >= 11 is 0. The van der Waals surface area contributed by atoms with Gasteiger partial charge in [0.05, 0.1) is 23.6 Å². The van der Waals surface area contributed by atoms with Gasteiger partial charge in [-0.2, -0.15) is 0 Å². The molecule has 0 radical (unpaired) electrons. The topological polar surface area (TPSA) is 147 Å². The second kappa shape index (κ2) is 10.6. The number of methoxy groups -OCH3 is 1. The van der Waals surface area contributed by atoms with E-state index < -0.39 is 34.4 Å². The fourth-order valence-corrected chi connectivity index (χ4v) is 3.90. The van der Waals surface area contributed by atoms with Crippen LogP contribution in [0.3, 0.4) is 0 Å². The maximum atomic E-state index is 13.0. The van der Waals surface area contributed by atoms with Gasteiger partial charge < -0.3 is 19.8 Å². The van der Waals surface area contributed by atoms with Gasteiger partial charge in [-0.05, 0) is 42.7 Å². The largest absolute Gasteiger partial charge is 0.507 e. The molecule has 0 aliphatic carbocycles. The summed E-state index contributed by atoms with van der Waals surface area (Å²) in [7, 11) is 1.48. The number of carboxylic acid groups (broad SMARTS) is 1. The van der Waals surface area contributed by atoms with Gasteiger partial charge in [-0.1, -0.05) is 18.6 Å². The predicted molar refractivity (Wildman–Crippen MR) is 121 cm³/mol. The monoisotopic (exact) mass is 468 g/mol. The number of aliphatic hydroxyl groups is 1. The van der Waals surface area contributed by atoms with Crippen molar-refractivity contribution >= 4 is 29.1 Å². The van der Waals surface area contributed by atoms with Crippen molar-refractivity contribution in [2.75, 3.05) is 13.7 Å². The Balaban J connectivity index is 2.01. The first-order valence-electron chi connectivity index (χ1n) is 10.6. The number of hydrogen-bond acceptors (Lipinski definition) is 7. The van der Waals surface area contributed by atoms with E-state index >= 15 is 0 Å². The number of ketones is 1. The molecule has 1 fully saturated rings. The molecule has 3 rings (SSSR count). The molecule has 1 amide bonds. The number of ether oxygens (including phenoxy) is 1. The third kappa shape index (κ3) is 5.22. The smallest absolute Gasteiger partial charge is 0.303 e. The third-order valence-electron chi connectivity index (χ3n) is 5.59. The summed E-state index contributed by atoms with van der Waals surface area (Å²) in [6.45, 7) is 0.184. The molecule has 0 spiro atoms. The number of carboxylic acids is 1. The molecular weight excluding hydrogens is 444 g/mol.